The third-order valence-corrected chi connectivity index (χ3v) is 0.909. The molecule has 0 aromatic heterocycles. The molecule has 0 bridgehead atoms. The standard InChI is InChI=1S/C7H11O2/c1-3-4-5-6-7(8)9-2/h3-4H,1,5-6H2,2H3. The highest BCUT2D eigenvalue weighted by Crippen LogP contribution is 1.91. The molecule has 0 heterocycles. The van der Waals surface area contributed by atoms with Gasteiger partial charge in [-0.05, 0) is 13.3 Å². The fourth-order valence-corrected chi connectivity index (χ4v) is 0.421. The molecule has 0 aromatic rings. The van der Waals surface area contributed by atoms with Crippen molar-refractivity contribution in [3.8, 4) is 0 Å². The maximum absolute atomic E-state index is 10.4. The topological polar surface area (TPSA) is 26.3 Å². The lowest BCUT2D eigenvalue weighted by Crippen LogP contribution is -1.97. The van der Waals surface area contributed by atoms with Crippen molar-refractivity contribution in [1.29, 1.82) is 0 Å². The van der Waals surface area contributed by atoms with E-state index in [-0.39, 0.29) is 5.97 Å². The molecular formula is C7H11O2. The van der Waals surface area contributed by atoms with Gasteiger partial charge in [-0.25, -0.2) is 0 Å². The van der Waals surface area contributed by atoms with Gasteiger partial charge in [0.15, 0.2) is 0 Å². The second-order valence-electron chi connectivity index (χ2n) is 1.59. The smallest absolute Gasteiger partial charge is 0.305 e. The van der Waals surface area contributed by atoms with Crippen molar-refractivity contribution in [2.45, 2.75) is 12.8 Å². The lowest BCUT2D eigenvalue weighted by atomic mass is 10.3. The number of allylic oxidation sites excluding steroid dienone is 2. The first-order chi connectivity index (χ1) is 4.31. The molecule has 0 aromatic carbocycles. The van der Waals surface area contributed by atoms with Crippen LogP contribution in [-0.4, -0.2) is 13.1 Å². The Labute approximate surface area is 55.5 Å². The minimum absolute atomic E-state index is 0.173. The van der Waals surface area contributed by atoms with Crippen molar-refractivity contribution < 1.29 is 9.53 Å². The number of carbonyl (C=O) groups is 1. The van der Waals surface area contributed by atoms with Gasteiger partial charge in [0, 0.05) is 6.42 Å². The van der Waals surface area contributed by atoms with Crippen LogP contribution in [0.25, 0.3) is 0 Å². The molecule has 0 atom stereocenters. The second-order valence-corrected chi connectivity index (χ2v) is 1.59. The Kier molecular flexibility index (Phi) is 4.88. The van der Waals surface area contributed by atoms with Crippen molar-refractivity contribution in [1.82, 2.24) is 0 Å². The number of hydrogen-bond acceptors (Lipinski definition) is 2. The molecule has 0 N–H and O–H groups in total. The number of hydrogen-bond donors (Lipinski definition) is 0. The van der Waals surface area contributed by atoms with E-state index < -0.39 is 0 Å². The van der Waals surface area contributed by atoms with Crippen LogP contribution in [-0.2, 0) is 9.53 Å². The monoisotopic (exact) mass is 127 g/mol. The first-order valence-corrected chi connectivity index (χ1v) is 2.82. The van der Waals surface area contributed by atoms with Gasteiger partial charge in [0.25, 0.3) is 0 Å². The predicted molar refractivity (Wildman–Crippen MR) is 35.7 cm³/mol. The summed E-state index contributed by atoms with van der Waals surface area (Å²) in [7, 11) is 1.39. The molecule has 0 aliphatic carbocycles. The fourth-order valence-electron chi connectivity index (χ4n) is 0.421. The van der Waals surface area contributed by atoms with Crippen LogP contribution in [0.1, 0.15) is 12.8 Å². The van der Waals surface area contributed by atoms with Crippen LogP contribution in [0.5, 0.6) is 0 Å². The molecule has 0 aliphatic heterocycles. The Hall–Kier alpha value is -0.790. The zero-order chi connectivity index (χ0) is 7.11. The molecule has 51 valence electrons. The van der Waals surface area contributed by atoms with Gasteiger partial charge in [-0.15, -0.1) is 0 Å². The normalized spacial score (nSPS) is 10.0. The predicted octanol–water partition coefficient (Wildman–Crippen LogP) is 1.33. The third-order valence-electron chi connectivity index (χ3n) is 0.909. The van der Waals surface area contributed by atoms with E-state index in [2.05, 4.69) is 11.7 Å². The average molecular weight is 127 g/mol. The first kappa shape index (κ1) is 8.21. The largest absolute Gasteiger partial charge is 0.469 e. The number of rotatable bonds is 3. The van der Waals surface area contributed by atoms with Crippen LogP contribution < -0.4 is 0 Å². The van der Waals surface area contributed by atoms with Gasteiger partial charge in [-0.3, -0.25) is 4.79 Å². The molecule has 1 radical (unpaired) electrons. The highest BCUT2D eigenvalue weighted by molar-refractivity contribution is 5.69. The van der Waals surface area contributed by atoms with Gasteiger partial charge in [-0.1, -0.05) is 12.2 Å². The van der Waals surface area contributed by atoms with E-state index in [9.17, 15) is 4.79 Å². The molecule has 0 spiro atoms. The van der Waals surface area contributed by atoms with Crippen molar-refractivity contribution in [3.63, 3.8) is 0 Å². The number of methoxy groups -OCH3 is 1. The molecule has 0 saturated carbocycles. The van der Waals surface area contributed by atoms with Crippen molar-refractivity contribution in [2.24, 2.45) is 0 Å². The van der Waals surface area contributed by atoms with Crippen LogP contribution in [0.3, 0.4) is 0 Å². The molecule has 2 nitrogen and oxygen atoms in total. The highest BCUT2D eigenvalue weighted by atomic mass is 16.5. The molecule has 0 rings (SSSR count). The van der Waals surface area contributed by atoms with E-state index >= 15 is 0 Å². The fraction of sp³-hybridized carbons (Fsp3) is 0.429. The summed E-state index contributed by atoms with van der Waals surface area (Å²) < 4.78 is 4.40. The maximum Gasteiger partial charge on any atom is 0.305 e. The summed E-state index contributed by atoms with van der Waals surface area (Å²) in [6.45, 7) is 3.48. The maximum atomic E-state index is 10.4. The molecule has 0 fully saturated rings. The van der Waals surface area contributed by atoms with Crippen LogP contribution in [0.2, 0.25) is 0 Å². The van der Waals surface area contributed by atoms with E-state index in [4.69, 9.17) is 0 Å². The van der Waals surface area contributed by atoms with Gasteiger partial charge in [0.2, 0.25) is 0 Å². The average Bonchev–Trinajstić information content (AvgIpc) is 1.89. The van der Waals surface area contributed by atoms with E-state index in [1.165, 1.54) is 7.11 Å². The Morgan fingerprint density at radius 3 is 2.89 bits per heavy atom. The van der Waals surface area contributed by atoms with Crippen LogP contribution in [0.15, 0.2) is 12.2 Å². The molecule has 9 heavy (non-hydrogen) atoms. The van der Waals surface area contributed by atoms with E-state index in [1.807, 2.05) is 6.08 Å². The minimum Gasteiger partial charge on any atom is -0.469 e. The molecular weight excluding hydrogens is 116 g/mol. The molecule has 2 heteroatoms. The van der Waals surface area contributed by atoms with Crippen LogP contribution in [0, 0.1) is 6.92 Å². The summed E-state index contributed by atoms with van der Waals surface area (Å²) in [4.78, 5) is 10.4. The highest BCUT2D eigenvalue weighted by Gasteiger charge is 1.94. The summed E-state index contributed by atoms with van der Waals surface area (Å²) in [5.74, 6) is -0.173. The molecule has 0 aliphatic rings. The lowest BCUT2D eigenvalue weighted by molar-refractivity contribution is -0.140. The summed E-state index contributed by atoms with van der Waals surface area (Å²) in [6.07, 6.45) is 4.67. The summed E-state index contributed by atoms with van der Waals surface area (Å²) in [5.41, 5.74) is 0. The van der Waals surface area contributed by atoms with Crippen molar-refractivity contribution >= 4 is 5.97 Å². The van der Waals surface area contributed by atoms with Gasteiger partial charge < -0.3 is 4.74 Å². The van der Waals surface area contributed by atoms with Gasteiger partial charge in [0.05, 0.1) is 7.11 Å². The van der Waals surface area contributed by atoms with Crippen LogP contribution >= 0.6 is 0 Å². The lowest BCUT2D eigenvalue weighted by Gasteiger charge is -1.92. The summed E-state index contributed by atoms with van der Waals surface area (Å²) in [5, 5.41) is 0. The van der Waals surface area contributed by atoms with E-state index in [1.54, 1.807) is 6.08 Å². The SMILES string of the molecule is [CH2]C=CCCC(=O)OC. The van der Waals surface area contributed by atoms with Crippen molar-refractivity contribution in [3.05, 3.63) is 19.1 Å². The van der Waals surface area contributed by atoms with Crippen LogP contribution in [0.4, 0.5) is 0 Å². The first-order valence-electron chi connectivity index (χ1n) is 2.82. The summed E-state index contributed by atoms with van der Waals surface area (Å²) >= 11 is 0. The zero-order valence-electron chi connectivity index (χ0n) is 5.59. The number of ether oxygens (including phenoxy) is 1. The Morgan fingerprint density at radius 1 is 1.78 bits per heavy atom. The number of carbonyl (C=O) groups excluding carboxylic acids is 1. The molecule has 0 amide bonds. The molecule has 0 saturated heterocycles. The van der Waals surface area contributed by atoms with Gasteiger partial charge in [0.1, 0.15) is 0 Å². The van der Waals surface area contributed by atoms with Gasteiger partial charge >= 0.3 is 5.97 Å². The van der Waals surface area contributed by atoms with Crippen molar-refractivity contribution in [2.75, 3.05) is 7.11 Å². The minimum atomic E-state index is -0.173. The quantitative estimate of drug-likeness (QED) is 0.534. The second kappa shape index (κ2) is 5.35. The van der Waals surface area contributed by atoms with E-state index in [0.29, 0.717) is 6.42 Å². The zero-order valence-corrected chi connectivity index (χ0v) is 5.59. The van der Waals surface area contributed by atoms with E-state index in [0.717, 1.165) is 6.42 Å². The van der Waals surface area contributed by atoms with Gasteiger partial charge in [-0.2, -0.15) is 0 Å². The number of esters is 1. The molecule has 0 unspecified atom stereocenters. The third kappa shape index (κ3) is 5.07. The summed E-state index contributed by atoms with van der Waals surface area (Å²) in [6, 6.07) is 0. The Balaban J connectivity index is 3.17. The Morgan fingerprint density at radius 2 is 2.44 bits per heavy atom. The Bertz CT molecular complexity index is 105.